The van der Waals surface area contributed by atoms with Crippen LogP contribution in [0.1, 0.15) is 18.0 Å². The summed E-state index contributed by atoms with van der Waals surface area (Å²) in [4.78, 5) is 6.55. The average Bonchev–Trinajstić information content (AvgIpc) is 2.75. The number of guanidine groups is 1. The third kappa shape index (κ3) is 8.76. The van der Waals surface area contributed by atoms with E-state index in [1.54, 1.807) is 14.2 Å². The molecule has 1 aliphatic rings. The summed E-state index contributed by atoms with van der Waals surface area (Å²) in [7, 11) is 3.30. The summed E-state index contributed by atoms with van der Waals surface area (Å²) >= 11 is 0. The SMILES string of the molecule is CN=C(NCCCOCC(F)(F)F)NCC(c1ccc(OC)cc1)N1CCOCC1. The van der Waals surface area contributed by atoms with Crippen molar-refractivity contribution in [3.8, 4) is 5.75 Å². The summed E-state index contributed by atoms with van der Waals surface area (Å²) in [5, 5.41) is 6.42. The molecule has 7 nitrogen and oxygen atoms in total. The number of hydrogen-bond donors (Lipinski definition) is 2. The number of benzene rings is 1. The van der Waals surface area contributed by atoms with Crippen LogP contribution >= 0.6 is 0 Å². The smallest absolute Gasteiger partial charge is 0.411 e. The maximum absolute atomic E-state index is 12.1. The van der Waals surface area contributed by atoms with Crippen LogP contribution < -0.4 is 15.4 Å². The van der Waals surface area contributed by atoms with Crippen molar-refractivity contribution >= 4 is 5.96 Å². The molecule has 1 heterocycles. The first-order valence-corrected chi connectivity index (χ1v) is 9.97. The van der Waals surface area contributed by atoms with Gasteiger partial charge in [0, 0.05) is 39.8 Å². The van der Waals surface area contributed by atoms with Gasteiger partial charge in [0.25, 0.3) is 0 Å². The Bertz CT molecular complexity index is 635. The van der Waals surface area contributed by atoms with Gasteiger partial charge in [-0.25, -0.2) is 0 Å². The molecule has 1 fully saturated rings. The van der Waals surface area contributed by atoms with Crippen LogP contribution in [0.4, 0.5) is 13.2 Å². The molecular formula is C20H31F3N4O3. The van der Waals surface area contributed by atoms with Crippen LogP contribution in [-0.2, 0) is 9.47 Å². The first kappa shape index (κ1) is 24.2. The van der Waals surface area contributed by atoms with Crippen LogP contribution in [0.25, 0.3) is 0 Å². The molecule has 0 bridgehead atoms. The number of halogens is 3. The van der Waals surface area contributed by atoms with E-state index in [0.29, 0.717) is 38.7 Å². The van der Waals surface area contributed by atoms with E-state index in [-0.39, 0.29) is 12.6 Å². The molecule has 1 aliphatic heterocycles. The zero-order chi connectivity index (χ0) is 21.8. The van der Waals surface area contributed by atoms with Crippen LogP contribution in [-0.4, -0.2) is 83.8 Å². The van der Waals surface area contributed by atoms with E-state index in [9.17, 15) is 13.2 Å². The Morgan fingerprint density at radius 1 is 1.20 bits per heavy atom. The second kappa shape index (κ2) is 12.6. The minimum Gasteiger partial charge on any atom is -0.497 e. The van der Waals surface area contributed by atoms with Crippen LogP contribution in [0.15, 0.2) is 29.3 Å². The van der Waals surface area contributed by atoms with Gasteiger partial charge in [-0.1, -0.05) is 12.1 Å². The number of morpholine rings is 1. The zero-order valence-electron chi connectivity index (χ0n) is 17.5. The molecule has 0 radical (unpaired) electrons. The highest BCUT2D eigenvalue weighted by Gasteiger charge is 2.27. The number of nitrogens with one attached hydrogen (secondary N) is 2. The largest absolute Gasteiger partial charge is 0.497 e. The molecule has 30 heavy (non-hydrogen) atoms. The lowest BCUT2D eigenvalue weighted by Crippen LogP contribution is -2.46. The Morgan fingerprint density at radius 2 is 1.90 bits per heavy atom. The van der Waals surface area contributed by atoms with Gasteiger partial charge in [0.1, 0.15) is 12.4 Å². The number of methoxy groups -OCH3 is 1. The molecule has 2 N–H and O–H groups in total. The molecular weight excluding hydrogens is 401 g/mol. The van der Waals surface area contributed by atoms with Gasteiger partial charge < -0.3 is 24.8 Å². The fourth-order valence-electron chi connectivity index (χ4n) is 3.16. The summed E-state index contributed by atoms with van der Waals surface area (Å²) in [5.41, 5.74) is 1.15. The Morgan fingerprint density at radius 3 is 2.50 bits per heavy atom. The highest BCUT2D eigenvalue weighted by atomic mass is 19.4. The predicted octanol–water partition coefficient (Wildman–Crippen LogP) is 2.20. The standard InChI is InChI=1S/C20H31F3N4O3/c1-24-19(25-8-3-11-30-15-20(21,22)23)26-14-18(27-9-12-29-13-10-27)16-4-6-17(28-2)7-5-16/h4-7,18H,3,8-15H2,1-2H3,(H2,24,25,26). The first-order valence-electron chi connectivity index (χ1n) is 9.97. The second-order valence-electron chi connectivity index (χ2n) is 6.84. The fraction of sp³-hybridized carbons (Fsp3) is 0.650. The molecule has 1 atom stereocenters. The van der Waals surface area contributed by atoms with E-state index < -0.39 is 12.8 Å². The van der Waals surface area contributed by atoms with E-state index in [4.69, 9.17) is 9.47 Å². The van der Waals surface area contributed by atoms with Gasteiger partial charge in [-0.15, -0.1) is 0 Å². The van der Waals surface area contributed by atoms with Crippen molar-refractivity contribution in [2.45, 2.75) is 18.6 Å². The minimum absolute atomic E-state index is 0.0335. The summed E-state index contributed by atoms with van der Waals surface area (Å²) in [6, 6.07) is 8.10. The highest BCUT2D eigenvalue weighted by Crippen LogP contribution is 2.23. The predicted molar refractivity (Wildman–Crippen MR) is 109 cm³/mol. The Labute approximate surface area is 175 Å². The van der Waals surface area contributed by atoms with Crippen molar-refractivity contribution < 1.29 is 27.4 Å². The Balaban J connectivity index is 1.84. The topological polar surface area (TPSA) is 67.4 Å². The lowest BCUT2D eigenvalue weighted by molar-refractivity contribution is -0.173. The van der Waals surface area contributed by atoms with Crippen molar-refractivity contribution in [3.05, 3.63) is 29.8 Å². The average molecular weight is 432 g/mol. The van der Waals surface area contributed by atoms with Crippen LogP contribution in [0.3, 0.4) is 0 Å². The lowest BCUT2D eigenvalue weighted by Gasteiger charge is -2.35. The zero-order valence-corrected chi connectivity index (χ0v) is 17.5. The molecule has 0 aliphatic carbocycles. The molecule has 0 spiro atoms. The number of ether oxygens (including phenoxy) is 3. The molecule has 0 aromatic heterocycles. The van der Waals surface area contributed by atoms with Gasteiger partial charge in [-0.3, -0.25) is 9.89 Å². The molecule has 1 aromatic carbocycles. The summed E-state index contributed by atoms with van der Waals surface area (Å²) in [6.07, 6.45) is -3.84. The van der Waals surface area contributed by atoms with Crippen molar-refractivity contribution in [2.24, 2.45) is 4.99 Å². The number of hydrogen-bond acceptors (Lipinski definition) is 5. The maximum atomic E-state index is 12.1. The second-order valence-corrected chi connectivity index (χ2v) is 6.84. The summed E-state index contributed by atoms with van der Waals surface area (Å²) < 4.78 is 51.6. The molecule has 1 unspecified atom stereocenters. The van der Waals surface area contributed by atoms with E-state index in [1.807, 2.05) is 12.1 Å². The summed E-state index contributed by atoms with van der Waals surface area (Å²) in [5.74, 6) is 1.40. The normalized spacial score (nSPS) is 16.9. The van der Waals surface area contributed by atoms with Gasteiger partial charge in [0.15, 0.2) is 5.96 Å². The van der Waals surface area contributed by atoms with Gasteiger partial charge in [0.05, 0.1) is 26.4 Å². The van der Waals surface area contributed by atoms with Crippen molar-refractivity contribution in [1.82, 2.24) is 15.5 Å². The number of rotatable bonds is 10. The molecule has 170 valence electrons. The van der Waals surface area contributed by atoms with E-state index >= 15 is 0 Å². The van der Waals surface area contributed by atoms with Crippen LogP contribution in [0.5, 0.6) is 5.75 Å². The van der Waals surface area contributed by atoms with Gasteiger partial charge >= 0.3 is 6.18 Å². The van der Waals surface area contributed by atoms with Gasteiger partial charge in [-0.05, 0) is 24.1 Å². The van der Waals surface area contributed by atoms with E-state index in [2.05, 4.69) is 37.4 Å². The molecule has 2 rings (SSSR count). The molecule has 0 amide bonds. The molecule has 1 aromatic rings. The number of aliphatic imine (C=N–C) groups is 1. The highest BCUT2D eigenvalue weighted by molar-refractivity contribution is 5.79. The molecule has 1 saturated heterocycles. The van der Waals surface area contributed by atoms with Crippen molar-refractivity contribution in [1.29, 1.82) is 0 Å². The first-order chi connectivity index (χ1) is 14.4. The Hall–Kier alpha value is -2.04. The van der Waals surface area contributed by atoms with E-state index in [1.165, 1.54) is 0 Å². The van der Waals surface area contributed by atoms with Crippen molar-refractivity contribution in [2.75, 3.05) is 66.8 Å². The number of nitrogens with zero attached hydrogens (tertiary/aromatic N) is 2. The summed E-state index contributed by atoms with van der Waals surface area (Å²) in [6.45, 7) is 2.95. The Kier molecular flexibility index (Phi) is 10.2. The fourth-order valence-corrected chi connectivity index (χ4v) is 3.16. The monoisotopic (exact) mass is 432 g/mol. The molecule has 10 heteroatoms. The van der Waals surface area contributed by atoms with Crippen LogP contribution in [0, 0.1) is 0 Å². The maximum Gasteiger partial charge on any atom is 0.411 e. The third-order valence-electron chi connectivity index (χ3n) is 4.70. The van der Waals surface area contributed by atoms with E-state index in [0.717, 1.165) is 24.4 Å². The minimum atomic E-state index is -4.29. The lowest BCUT2D eigenvalue weighted by atomic mass is 10.0. The van der Waals surface area contributed by atoms with Crippen LogP contribution in [0.2, 0.25) is 0 Å². The third-order valence-corrected chi connectivity index (χ3v) is 4.70. The van der Waals surface area contributed by atoms with Gasteiger partial charge in [-0.2, -0.15) is 13.2 Å². The quantitative estimate of drug-likeness (QED) is 0.336. The number of alkyl halides is 3. The van der Waals surface area contributed by atoms with Gasteiger partial charge in [0.2, 0.25) is 0 Å². The van der Waals surface area contributed by atoms with Crippen molar-refractivity contribution in [3.63, 3.8) is 0 Å². The molecule has 0 saturated carbocycles.